The van der Waals surface area contributed by atoms with Crippen LogP contribution in [0.5, 0.6) is 0 Å². The minimum absolute atomic E-state index is 0.0185. The summed E-state index contributed by atoms with van der Waals surface area (Å²) in [5.41, 5.74) is 0.0837. The van der Waals surface area contributed by atoms with Crippen LogP contribution in [0.4, 0.5) is 13.2 Å². The third kappa shape index (κ3) is 6.17. The normalized spacial score (nSPS) is 16.9. The number of rotatable bonds is 7. The van der Waals surface area contributed by atoms with Gasteiger partial charge in [0.05, 0.1) is 11.7 Å². The Balaban J connectivity index is 1.67. The highest BCUT2D eigenvalue weighted by atomic mass is 31.2. The van der Waals surface area contributed by atoms with Crippen molar-refractivity contribution in [2.24, 2.45) is 0 Å². The number of carbonyl (C=O) groups excluding carboxylic acids is 1. The van der Waals surface area contributed by atoms with Gasteiger partial charge in [0, 0.05) is 19.5 Å². The predicted octanol–water partition coefficient (Wildman–Crippen LogP) is 3.71. The van der Waals surface area contributed by atoms with Crippen molar-refractivity contribution in [2.75, 3.05) is 19.3 Å². The Bertz CT molecular complexity index is 966. The zero-order valence-corrected chi connectivity index (χ0v) is 18.4. The number of nitrogens with zero attached hydrogens (tertiary/aromatic N) is 3. The van der Waals surface area contributed by atoms with Crippen LogP contribution in [0.15, 0.2) is 28.7 Å². The Hall–Kier alpha value is -2.23. The van der Waals surface area contributed by atoms with Gasteiger partial charge >= 0.3 is 13.8 Å². The minimum Gasteiger partial charge on any atom is -0.424 e. The van der Waals surface area contributed by atoms with Gasteiger partial charge in [0.15, 0.2) is 0 Å². The topological polar surface area (TPSA) is 117 Å². The molecule has 1 amide bonds. The van der Waals surface area contributed by atoms with Gasteiger partial charge in [0.25, 0.3) is 0 Å². The van der Waals surface area contributed by atoms with Crippen LogP contribution < -0.4 is 0 Å². The summed E-state index contributed by atoms with van der Waals surface area (Å²) in [5.74, 6) is -0.932. The van der Waals surface area contributed by atoms with Crippen molar-refractivity contribution in [1.82, 2.24) is 15.1 Å². The van der Waals surface area contributed by atoms with E-state index in [1.54, 1.807) is 11.8 Å². The Morgan fingerprint density at radius 1 is 1.22 bits per heavy atom. The molecule has 1 atom stereocenters. The van der Waals surface area contributed by atoms with E-state index in [0.29, 0.717) is 38.2 Å². The van der Waals surface area contributed by atoms with Crippen molar-refractivity contribution in [3.8, 4) is 0 Å². The van der Waals surface area contributed by atoms with Crippen LogP contribution in [0.2, 0.25) is 0 Å². The van der Waals surface area contributed by atoms with Crippen LogP contribution in [-0.4, -0.2) is 50.0 Å². The van der Waals surface area contributed by atoms with E-state index in [2.05, 4.69) is 10.2 Å². The van der Waals surface area contributed by atoms with E-state index in [1.165, 1.54) is 12.1 Å². The summed E-state index contributed by atoms with van der Waals surface area (Å²) in [6.45, 7) is 2.53. The molecule has 1 saturated heterocycles. The molecule has 1 unspecified atom stereocenters. The number of piperidine rings is 1. The lowest BCUT2D eigenvalue weighted by molar-refractivity contribution is -0.137. The van der Waals surface area contributed by atoms with E-state index in [1.807, 2.05) is 0 Å². The van der Waals surface area contributed by atoms with Crippen LogP contribution in [0, 0.1) is 0 Å². The average molecular weight is 475 g/mol. The highest BCUT2D eigenvalue weighted by molar-refractivity contribution is 7.51. The molecule has 1 aliphatic rings. The van der Waals surface area contributed by atoms with Gasteiger partial charge in [0.2, 0.25) is 17.7 Å². The number of aromatic nitrogens is 2. The van der Waals surface area contributed by atoms with Crippen molar-refractivity contribution in [1.29, 1.82) is 0 Å². The van der Waals surface area contributed by atoms with Crippen molar-refractivity contribution >= 4 is 13.5 Å². The van der Waals surface area contributed by atoms with Crippen LogP contribution in [0.25, 0.3) is 0 Å². The fourth-order valence-corrected chi connectivity index (χ4v) is 4.39. The van der Waals surface area contributed by atoms with Gasteiger partial charge in [-0.3, -0.25) is 9.36 Å². The third-order valence-corrected chi connectivity index (χ3v) is 6.45. The molecule has 2 aromatic rings. The summed E-state index contributed by atoms with van der Waals surface area (Å²) in [6, 6.07) is 5.06. The Kier molecular flexibility index (Phi) is 7.42. The summed E-state index contributed by atoms with van der Waals surface area (Å²) in [5, 5.41) is 7.73. The molecule has 2 heterocycles. The number of halogens is 3. The smallest absolute Gasteiger partial charge is 0.416 e. The number of likely N-dealkylation sites (tertiary alicyclic amines) is 1. The number of alkyl halides is 3. The second-order valence-corrected chi connectivity index (χ2v) is 9.61. The standard InChI is InChI=1S/C20H25F3N3O5P/c1-2-17-24-25-18(31-17)16(9-12-32(28,29)30)19(27)26-10-7-14(8-11-26)13-3-5-15(6-4-13)20(21,22)23/h3-6,14,16H,2,7-12H2,1H3,(H2,28,29,30). The second-order valence-electron chi connectivity index (χ2n) is 7.84. The summed E-state index contributed by atoms with van der Waals surface area (Å²) >= 11 is 0. The lowest BCUT2D eigenvalue weighted by Crippen LogP contribution is -2.41. The average Bonchev–Trinajstić information content (AvgIpc) is 3.21. The molecule has 1 aromatic heterocycles. The Morgan fingerprint density at radius 3 is 2.34 bits per heavy atom. The number of hydrogen-bond donors (Lipinski definition) is 2. The molecule has 0 saturated carbocycles. The Labute approximate surface area is 183 Å². The maximum absolute atomic E-state index is 13.1. The van der Waals surface area contributed by atoms with Crippen molar-refractivity contribution in [2.45, 2.75) is 50.6 Å². The molecule has 176 valence electrons. The van der Waals surface area contributed by atoms with Crippen LogP contribution >= 0.6 is 7.60 Å². The van der Waals surface area contributed by atoms with Crippen LogP contribution in [0.1, 0.15) is 60.9 Å². The first kappa shape index (κ1) is 24.4. The monoisotopic (exact) mass is 475 g/mol. The minimum atomic E-state index is -4.39. The zero-order valence-electron chi connectivity index (χ0n) is 17.5. The van der Waals surface area contributed by atoms with E-state index in [4.69, 9.17) is 4.42 Å². The molecule has 1 aliphatic heterocycles. The zero-order chi connectivity index (χ0) is 23.5. The number of benzene rings is 1. The third-order valence-electron chi connectivity index (χ3n) is 5.61. The number of aryl methyl sites for hydroxylation is 1. The first-order valence-electron chi connectivity index (χ1n) is 10.3. The molecule has 3 rings (SSSR count). The van der Waals surface area contributed by atoms with Gasteiger partial charge in [-0.05, 0) is 42.9 Å². The SMILES string of the molecule is CCc1nnc(C(CCP(=O)(O)O)C(=O)N2CCC(c3ccc(C(F)(F)F)cc3)CC2)o1. The molecule has 1 fully saturated rings. The van der Waals surface area contributed by atoms with Gasteiger partial charge in [-0.15, -0.1) is 10.2 Å². The van der Waals surface area contributed by atoms with Crippen LogP contribution in [-0.2, 0) is 22.0 Å². The quantitative estimate of drug-likeness (QED) is 0.587. The van der Waals surface area contributed by atoms with Crippen molar-refractivity contribution in [3.63, 3.8) is 0 Å². The van der Waals surface area contributed by atoms with Gasteiger partial charge in [-0.1, -0.05) is 19.1 Å². The van der Waals surface area contributed by atoms with E-state index in [9.17, 15) is 32.3 Å². The fourth-order valence-electron chi connectivity index (χ4n) is 3.80. The largest absolute Gasteiger partial charge is 0.424 e. The first-order valence-corrected chi connectivity index (χ1v) is 12.1. The van der Waals surface area contributed by atoms with Crippen molar-refractivity contribution in [3.05, 3.63) is 47.2 Å². The molecule has 2 N–H and O–H groups in total. The van der Waals surface area contributed by atoms with E-state index >= 15 is 0 Å². The summed E-state index contributed by atoms with van der Waals surface area (Å²) in [7, 11) is -4.33. The highest BCUT2D eigenvalue weighted by Crippen LogP contribution is 2.39. The maximum atomic E-state index is 13.1. The molecule has 8 nitrogen and oxygen atoms in total. The summed E-state index contributed by atoms with van der Waals surface area (Å²) in [4.78, 5) is 33.2. The maximum Gasteiger partial charge on any atom is 0.416 e. The molecular weight excluding hydrogens is 450 g/mol. The second kappa shape index (κ2) is 9.72. The summed E-state index contributed by atoms with van der Waals surface area (Å²) < 4.78 is 55.1. The van der Waals surface area contributed by atoms with E-state index in [0.717, 1.165) is 17.7 Å². The van der Waals surface area contributed by atoms with Crippen molar-refractivity contribution < 1.29 is 36.7 Å². The predicted molar refractivity (Wildman–Crippen MR) is 108 cm³/mol. The molecule has 12 heteroatoms. The molecule has 0 spiro atoms. The van der Waals surface area contributed by atoms with Gasteiger partial charge in [0.1, 0.15) is 5.92 Å². The molecule has 0 bridgehead atoms. The molecule has 0 radical (unpaired) electrons. The number of hydrogen-bond acceptors (Lipinski definition) is 5. The van der Waals surface area contributed by atoms with Gasteiger partial charge in [-0.2, -0.15) is 13.2 Å². The number of carbonyl (C=O) groups is 1. The lowest BCUT2D eigenvalue weighted by Gasteiger charge is -2.34. The van der Waals surface area contributed by atoms with Crippen LogP contribution in [0.3, 0.4) is 0 Å². The van der Waals surface area contributed by atoms with Gasteiger partial charge in [-0.25, -0.2) is 0 Å². The summed E-state index contributed by atoms with van der Waals surface area (Å²) in [6.07, 6.45) is -3.42. The lowest BCUT2D eigenvalue weighted by atomic mass is 9.88. The fraction of sp³-hybridized carbons (Fsp3) is 0.550. The molecule has 0 aliphatic carbocycles. The number of amides is 1. The molecule has 1 aromatic carbocycles. The molecule has 32 heavy (non-hydrogen) atoms. The molecular formula is C20H25F3N3O5P. The first-order chi connectivity index (χ1) is 15.0. The highest BCUT2D eigenvalue weighted by Gasteiger charge is 2.35. The van der Waals surface area contributed by atoms with E-state index < -0.39 is 31.4 Å². The van der Waals surface area contributed by atoms with Gasteiger partial charge < -0.3 is 19.1 Å². The Morgan fingerprint density at radius 2 is 1.84 bits per heavy atom. The van der Waals surface area contributed by atoms with E-state index in [-0.39, 0.29) is 24.1 Å².